The molecule has 25 heavy (non-hydrogen) atoms. The van der Waals surface area contributed by atoms with E-state index in [1.165, 1.54) is 12.1 Å². The first-order valence-corrected chi connectivity index (χ1v) is 9.75. The molecule has 0 spiro atoms. The van der Waals surface area contributed by atoms with Gasteiger partial charge in [-0.05, 0) is 59.5 Å². The van der Waals surface area contributed by atoms with Gasteiger partial charge in [-0.15, -0.1) is 0 Å². The zero-order chi connectivity index (χ0) is 18.2. The Morgan fingerprint density at radius 1 is 1.00 bits per heavy atom. The van der Waals surface area contributed by atoms with Crippen LogP contribution in [0.3, 0.4) is 0 Å². The third kappa shape index (κ3) is 3.57. The van der Waals surface area contributed by atoms with Crippen molar-refractivity contribution in [1.29, 1.82) is 0 Å². The smallest absolute Gasteiger partial charge is 0.178 e. The molecule has 3 rings (SSSR count). The Hall–Kier alpha value is -2.24. The zero-order valence-electron chi connectivity index (χ0n) is 13.6. The number of sulfone groups is 1. The molecule has 6 heteroatoms. The van der Waals surface area contributed by atoms with Crippen LogP contribution in [0.5, 0.6) is 0 Å². The van der Waals surface area contributed by atoms with E-state index in [1.54, 1.807) is 18.5 Å². The fourth-order valence-electron chi connectivity index (χ4n) is 2.66. The summed E-state index contributed by atoms with van der Waals surface area (Å²) in [6, 6.07) is 11.6. The number of hydrogen-bond donors (Lipinski definition) is 0. The monoisotopic (exact) mass is 375 g/mol. The van der Waals surface area contributed by atoms with Gasteiger partial charge in [0.1, 0.15) is 10.7 Å². The van der Waals surface area contributed by atoms with Crippen LogP contribution in [0, 0.1) is 12.7 Å². The minimum atomic E-state index is -3.61. The Morgan fingerprint density at radius 3 is 2.32 bits per heavy atom. The van der Waals surface area contributed by atoms with Crippen molar-refractivity contribution in [3.05, 3.63) is 71.3 Å². The van der Waals surface area contributed by atoms with Crippen LogP contribution < -0.4 is 0 Å². The summed E-state index contributed by atoms with van der Waals surface area (Å²) in [7, 11) is -3.61. The predicted octanol–water partition coefficient (Wildman–Crippen LogP) is 4.92. The highest BCUT2D eigenvalue weighted by molar-refractivity contribution is 7.90. The molecule has 0 saturated heterocycles. The van der Waals surface area contributed by atoms with Crippen molar-refractivity contribution in [2.45, 2.75) is 11.8 Å². The van der Waals surface area contributed by atoms with E-state index in [4.69, 9.17) is 11.6 Å². The number of halogens is 2. The van der Waals surface area contributed by atoms with Crippen LogP contribution in [0.4, 0.5) is 4.39 Å². The van der Waals surface area contributed by atoms with Crippen molar-refractivity contribution in [3.63, 3.8) is 0 Å². The van der Waals surface area contributed by atoms with Gasteiger partial charge in [-0.25, -0.2) is 12.8 Å². The Balaban J connectivity index is 2.16. The average molecular weight is 376 g/mol. The number of hydrogen-bond acceptors (Lipinski definition) is 3. The molecular weight excluding hydrogens is 361 g/mol. The molecule has 1 heterocycles. The van der Waals surface area contributed by atoms with E-state index in [9.17, 15) is 12.8 Å². The largest absolute Gasteiger partial charge is 0.264 e. The van der Waals surface area contributed by atoms with Gasteiger partial charge >= 0.3 is 0 Å². The van der Waals surface area contributed by atoms with Crippen LogP contribution in [-0.4, -0.2) is 19.7 Å². The first-order valence-electron chi connectivity index (χ1n) is 7.48. The highest BCUT2D eigenvalue weighted by Gasteiger charge is 2.16. The van der Waals surface area contributed by atoms with Gasteiger partial charge in [0, 0.05) is 29.2 Å². The van der Waals surface area contributed by atoms with Crippen molar-refractivity contribution in [2.75, 3.05) is 6.26 Å². The van der Waals surface area contributed by atoms with Crippen molar-refractivity contribution >= 4 is 21.4 Å². The normalized spacial score (nSPS) is 11.5. The van der Waals surface area contributed by atoms with E-state index < -0.39 is 15.7 Å². The van der Waals surface area contributed by atoms with E-state index in [0.717, 1.165) is 22.9 Å². The van der Waals surface area contributed by atoms with Gasteiger partial charge in [-0.1, -0.05) is 23.7 Å². The lowest BCUT2D eigenvalue weighted by atomic mass is 9.95. The van der Waals surface area contributed by atoms with E-state index in [-0.39, 0.29) is 4.90 Å². The van der Waals surface area contributed by atoms with Gasteiger partial charge < -0.3 is 0 Å². The molecule has 0 fully saturated rings. The molecule has 0 unspecified atom stereocenters. The lowest BCUT2D eigenvalue weighted by Gasteiger charge is -2.12. The van der Waals surface area contributed by atoms with Crippen molar-refractivity contribution in [1.82, 2.24) is 4.98 Å². The van der Waals surface area contributed by atoms with Crippen LogP contribution in [0.2, 0.25) is 5.02 Å². The summed E-state index contributed by atoms with van der Waals surface area (Å²) in [6.07, 6.45) is 4.27. The van der Waals surface area contributed by atoms with E-state index >= 15 is 0 Å². The quantitative estimate of drug-likeness (QED) is 0.652. The molecule has 0 saturated carbocycles. The zero-order valence-corrected chi connectivity index (χ0v) is 15.2. The van der Waals surface area contributed by atoms with Gasteiger partial charge in [0.2, 0.25) is 0 Å². The number of aryl methyl sites for hydroxylation is 1. The molecule has 0 atom stereocenters. The van der Waals surface area contributed by atoms with Crippen molar-refractivity contribution in [3.8, 4) is 22.3 Å². The van der Waals surface area contributed by atoms with Gasteiger partial charge in [0.25, 0.3) is 0 Å². The van der Waals surface area contributed by atoms with Crippen LogP contribution in [0.15, 0.2) is 59.8 Å². The van der Waals surface area contributed by atoms with Crippen LogP contribution >= 0.6 is 11.6 Å². The average Bonchev–Trinajstić information content (AvgIpc) is 2.56. The van der Waals surface area contributed by atoms with E-state index in [2.05, 4.69) is 4.98 Å². The Morgan fingerprint density at radius 2 is 1.68 bits per heavy atom. The Bertz CT molecular complexity index is 1060. The van der Waals surface area contributed by atoms with Crippen LogP contribution in [-0.2, 0) is 9.84 Å². The first kappa shape index (κ1) is 17.6. The number of aromatic nitrogens is 1. The maximum atomic E-state index is 14.3. The van der Waals surface area contributed by atoms with E-state index in [1.807, 2.05) is 31.2 Å². The number of benzene rings is 2. The summed E-state index contributed by atoms with van der Waals surface area (Å²) in [5, 5.41) is 0.669. The fraction of sp³-hybridized carbons (Fsp3) is 0.105. The second kappa shape index (κ2) is 6.58. The summed E-state index contributed by atoms with van der Waals surface area (Å²) < 4.78 is 37.5. The van der Waals surface area contributed by atoms with Gasteiger partial charge in [0.05, 0.1) is 0 Å². The standard InChI is InChI=1S/C19H15ClFNO2S/c1-12-9-13(3-5-17(12)20)15-7-8-22-11-16(15)14-4-6-19(18(21)10-14)25(2,23)24/h3-11H,1-2H3. The Labute approximate surface area is 151 Å². The summed E-state index contributed by atoms with van der Waals surface area (Å²) in [4.78, 5) is 3.81. The lowest BCUT2D eigenvalue weighted by molar-refractivity contribution is 0.571. The summed E-state index contributed by atoms with van der Waals surface area (Å²) >= 11 is 6.09. The van der Waals surface area contributed by atoms with Gasteiger partial charge in [0.15, 0.2) is 9.84 Å². The van der Waals surface area contributed by atoms with Crippen molar-refractivity contribution in [2.24, 2.45) is 0 Å². The molecule has 0 N–H and O–H groups in total. The van der Waals surface area contributed by atoms with Gasteiger partial charge in [-0.2, -0.15) is 0 Å². The third-order valence-corrected chi connectivity index (χ3v) is 5.49. The molecule has 1 aromatic heterocycles. The molecule has 2 aromatic carbocycles. The number of pyridine rings is 1. The minimum absolute atomic E-state index is 0.316. The molecule has 0 aliphatic heterocycles. The molecule has 0 aliphatic rings. The summed E-state index contributed by atoms with van der Waals surface area (Å²) in [5.41, 5.74) is 3.98. The second-order valence-electron chi connectivity index (χ2n) is 5.80. The van der Waals surface area contributed by atoms with Crippen LogP contribution in [0.1, 0.15) is 5.56 Å². The molecule has 128 valence electrons. The SMILES string of the molecule is Cc1cc(-c2ccncc2-c2ccc(S(C)(=O)=O)c(F)c2)ccc1Cl. The maximum absolute atomic E-state index is 14.3. The van der Waals surface area contributed by atoms with Gasteiger partial charge in [-0.3, -0.25) is 4.98 Å². The second-order valence-corrected chi connectivity index (χ2v) is 8.19. The molecular formula is C19H15ClFNO2S. The third-order valence-electron chi connectivity index (χ3n) is 3.93. The van der Waals surface area contributed by atoms with Crippen LogP contribution in [0.25, 0.3) is 22.3 Å². The highest BCUT2D eigenvalue weighted by atomic mass is 35.5. The topological polar surface area (TPSA) is 47.0 Å². The summed E-state index contributed by atoms with van der Waals surface area (Å²) in [5.74, 6) is -0.776. The Kier molecular flexibility index (Phi) is 4.62. The van der Waals surface area contributed by atoms with E-state index in [0.29, 0.717) is 16.1 Å². The minimum Gasteiger partial charge on any atom is -0.264 e. The number of rotatable bonds is 3. The molecule has 0 radical (unpaired) electrons. The molecule has 3 nitrogen and oxygen atoms in total. The predicted molar refractivity (Wildman–Crippen MR) is 97.9 cm³/mol. The number of nitrogens with zero attached hydrogens (tertiary/aromatic N) is 1. The molecule has 0 aliphatic carbocycles. The maximum Gasteiger partial charge on any atom is 0.178 e. The molecule has 0 amide bonds. The highest BCUT2D eigenvalue weighted by Crippen LogP contribution is 2.34. The molecule has 3 aromatic rings. The first-order chi connectivity index (χ1) is 11.8. The molecule has 0 bridgehead atoms. The van der Waals surface area contributed by atoms with Crippen molar-refractivity contribution < 1.29 is 12.8 Å². The summed E-state index contributed by atoms with van der Waals surface area (Å²) in [6.45, 7) is 1.91. The fourth-order valence-corrected chi connectivity index (χ4v) is 3.50. The lowest BCUT2D eigenvalue weighted by Crippen LogP contribution is -2.01.